The Balaban J connectivity index is 1.90. The van der Waals surface area contributed by atoms with Gasteiger partial charge in [0.1, 0.15) is 0 Å². The Morgan fingerprint density at radius 1 is 1.16 bits per heavy atom. The zero-order valence-corrected chi connectivity index (χ0v) is 14.5. The normalized spacial score (nSPS) is 12.7. The number of carbonyl (C=O) groups is 3. The number of rotatable bonds is 6. The fourth-order valence-corrected chi connectivity index (χ4v) is 2.32. The van der Waals surface area contributed by atoms with E-state index in [4.69, 9.17) is 25.8 Å². The van der Waals surface area contributed by atoms with Gasteiger partial charge >= 0.3 is 5.97 Å². The van der Waals surface area contributed by atoms with E-state index >= 15 is 0 Å². The molecular formula is C16H19ClN2O6. The summed E-state index contributed by atoms with van der Waals surface area (Å²) < 4.78 is 15.9. The van der Waals surface area contributed by atoms with Crippen molar-refractivity contribution in [3.05, 3.63) is 22.7 Å². The third kappa shape index (κ3) is 5.53. The van der Waals surface area contributed by atoms with Crippen LogP contribution in [-0.4, -0.2) is 50.7 Å². The van der Waals surface area contributed by atoms with Crippen molar-refractivity contribution in [2.24, 2.45) is 0 Å². The Morgan fingerprint density at radius 2 is 1.92 bits per heavy atom. The van der Waals surface area contributed by atoms with E-state index in [1.165, 1.54) is 12.1 Å². The van der Waals surface area contributed by atoms with Gasteiger partial charge in [-0.2, -0.15) is 0 Å². The van der Waals surface area contributed by atoms with Crippen molar-refractivity contribution >= 4 is 29.4 Å². The molecule has 25 heavy (non-hydrogen) atoms. The number of likely N-dealkylation sites (N-methyl/N-ethyl adjacent to an activating group) is 1. The summed E-state index contributed by atoms with van der Waals surface area (Å²) >= 11 is 6.10. The topological polar surface area (TPSA) is 103 Å². The van der Waals surface area contributed by atoms with Crippen LogP contribution in [0.1, 0.15) is 23.7 Å². The van der Waals surface area contributed by atoms with Crippen LogP contribution < -0.4 is 20.1 Å². The number of amides is 2. The molecule has 1 heterocycles. The van der Waals surface area contributed by atoms with E-state index < -0.39 is 18.5 Å². The van der Waals surface area contributed by atoms with Crippen molar-refractivity contribution in [2.45, 2.75) is 13.3 Å². The lowest BCUT2D eigenvalue weighted by Gasteiger charge is -2.11. The summed E-state index contributed by atoms with van der Waals surface area (Å²) in [6, 6.07) is 2.85. The first-order chi connectivity index (χ1) is 12.0. The highest BCUT2D eigenvalue weighted by Gasteiger charge is 2.19. The smallest absolute Gasteiger partial charge is 0.338 e. The molecule has 0 aromatic heterocycles. The summed E-state index contributed by atoms with van der Waals surface area (Å²) in [5.74, 6) is -0.893. The number of ether oxygens (including phenoxy) is 3. The van der Waals surface area contributed by atoms with Crippen molar-refractivity contribution in [1.29, 1.82) is 0 Å². The number of carbonyl (C=O) groups excluding carboxylic acids is 3. The van der Waals surface area contributed by atoms with Crippen LogP contribution in [0.4, 0.5) is 0 Å². The molecule has 2 amide bonds. The number of benzene rings is 1. The lowest BCUT2D eigenvalue weighted by Crippen LogP contribution is -2.38. The van der Waals surface area contributed by atoms with E-state index in [0.29, 0.717) is 37.7 Å². The van der Waals surface area contributed by atoms with Crippen molar-refractivity contribution in [3.8, 4) is 11.5 Å². The molecule has 0 atom stereocenters. The molecule has 2 rings (SSSR count). The first kappa shape index (κ1) is 18.9. The maximum absolute atomic E-state index is 12.1. The predicted molar refractivity (Wildman–Crippen MR) is 89.0 cm³/mol. The number of fused-ring (bicyclic) bond motifs is 1. The first-order valence-corrected chi connectivity index (χ1v) is 8.18. The molecule has 0 saturated carbocycles. The maximum Gasteiger partial charge on any atom is 0.338 e. The van der Waals surface area contributed by atoms with E-state index in [9.17, 15) is 14.4 Å². The van der Waals surface area contributed by atoms with Gasteiger partial charge in [-0.25, -0.2) is 4.79 Å². The summed E-state index contributed by atoms with van der Waals surface area (Å²) in [4.78, 5) is 34.9. The standard InChI is InChI=1S/C16H19ClN2O6/c1-2-18-13(20)8-19-14(21)9-25-16(22)10-6-11(17)15-12(7-10)23-4-3-5-24-15/h6-7H,2-5,8-9H2,1H3,(H,18,20)(H,19,21). The van der Waals surface area contributed by atoms with Crippen LogP contribution in [0.25, 0.3) is 0 Å². The Hall–Kier alpha value is -2.48. The van der Waals surface area contributed by atoms with Crippen molar-refractivity contribution in [2.75, 3.05) is 32.9 Å². The molecule has 8 nitrogen and oxygen atoms in total. The third-order valence-corrected chi connectivity index (χ3v) is 3.47. The molecule has 0 saturated heterocycles. The highest BCUT2D eigenvalue weighted by atomic mass is 35.5. The molecule has 9 heteroatoms. The third-order valence-electron chi connectivity index (χ3n) is 3.19. The molecular weight excluding hydrogens is 352 g/mol. The minimum atomic E-state index is -0.731. The molecule has 0 unspecified atom stereocenters. The van der Waals surface area contributed by atoms with Gasteiger partial charge in [-0.05, 0) is 19.1 Å². The predicted octanol–water partition coefficient (Wildman–Crippen LogP) is 0.910. The summed E-state index contributed by atoms with van der Waals surface area (Å²) in [6.45, 7) is 2.47. The van der Waals surface area contributed by atoms with Crippen LogP contribution in [-0.2, 0) is 14.3 Å². The lowest BCUT2D eigenvalue weighted by molar-refractivity contribution is -0.127. The van der Waals surface area contributed by atoms with Crippen LogP contribution in [0.2, 0.25) is 5.02 Å². The fraction of sp³-hybridized carbons (Fsp3) is 0.438. The minimum Gasteiger partial charge on any atom is -0.489 e. The minimum absolute atomic E-state index is 0.144. The van der Waals surface area contributed by atoms with E-state index in [0.717, 1.165) is 0 Å². The number of nitrogens with one attached hydrogen (secondary N) is 2. The molecule has 1 aromatic rings. The molecule has 0 spiro atoms. The number of hydrogen-bond donors (Lipinski definition) is 2. The average molecular weight is 371 g/mol. The van der Waals surface area contributed by atoms with E-state index in [2.05, 4.69) is 10.6 Å². The van der Waals surface area contributed by atoms with Gasteiger partial charge in [0.05, 0.1) is 30.3 Å². The SMILES string of the molecule is CCNC(=O)CNC(=O)COC(=O)c1cc(Cl)c2c(c1)OCCCO2. The van der Waals surface area contributed by atoms with Gasteiger partial charge < -0.3 is 24.8 Å². The van der Waals surface area contributed by atoms with Gasteiger partial charge in [-0.3, -0.25) is 9.59 Å². The molecule has 1 aromatic carbocycles. The molecule has 0 bridgehead atoms. The van der Waals surface area contributed by atoms with Gasteiger partial charge in [0.15, 0.2) is 18.1 Å². The second-order valence-corrected chi connectivity index (χ2v) is 5.55. The molecule has 1 aliphatic heterocycles. The van der Waals surface area contributed by atoms with Gasteiger partial charge in [0.2, 0.25) is 5.91 Å². The summed E-state index contributed by atoms with van der Waals surface area (Å²) in [7, 11) is 0. The zero-order valence-electron chi connectivity index (χ0n) is 13.7. The zero-order chi connectivity index (χ0) is 18.2. The van der Waals surface area contributed by atoms with Crippen LogP contribution in [0.5, 0.6) is 11.5 Å². The second-order valence-electron chi connectivity index (χ2n) is 5.14. The number of esters is 1. The largest absolute Gasteiger partial charge is 0.489 e. The fourth-order valence-electron chi connectivity index (χ4n) is 2.05. The van der Waals surface area contributed by atoms with E-state index in [1.54, 1.807) is 6.92 Å². The van der Waals surface area contributed by atoms with Crippen LogP contribution in [0.3, 0.4) is 0 Å². The van der Waals surface area contributed by atoms with Crippen LogP contribution in [0.15, 0.2) is 12.1 Å². The molecule has 0 aliphatic carbocycles. The average Bonchev–Trinajstić information content (AvgIpc) is 2.84. The molecule has 2 N–H and O–H groups in total. The van der Waals surface area contributed by atoms with E-state index in [-0.39, 0.29) is 23.0 Å². The monoisotopic (exact) mass is 370 g/mol. The summed E-state index contributed by atoms with van der Waals surface area (Å²) in [5.41, 5.74) is 0.144. The van der Waals surface area contributed by atoms with Gasteiger partial charge in [-0.15, -0.1) is 0 Å². The van der Waals surface area contributed by atoms with Gasteiger partial charge in [0, 0.05) is 13.0 Å². The summed E-state index contributed by atoms with van der Waals surface area (Å²) in [6.07, 6.45) is 0.705. The molecule has 0 fully saturated rings. The molecule has 136 valence electrons. The quantitative estimate of drug-likeness (QED) is 0.721. The van der Waals surface area contributed by atoms with Crippen LogP contribution >= 0.6 is 11.6 Å². The Morgan fingerprint density at radius 3 is 2.68 bits per heavy atom. The highest BCUT2D eigenvalue weighted by Crippen LogP contribution is 2.38. The summed E-state index contributed by atoms with van der Waals surface area (Å²) in [5, 5.41) is 5.10. The van der Waals surface area contributed by atoms with Crippen molar-refractivity contribution in [3.63, 3.8) is 0 Å². The Labute approximate surface area is 149 Å². The first-order valence-electron chi connectivity index (χ1n) is 7.81. The van der Waals surface area contributed by atoms with Gasteiger partial charge in [0.25, 0.3) is 5.91 Å². The lowest BCUT2D eigenvalue weighted by atomic mass is 10.2. The number of hydrogen-bond acceptors (Lipinski definition) is 6. The second kappa shape index (κ2) is 9.12. The highest BCUT2D eigenvalue weighted by molar-refractivity contribution is 6.32. The molecule has 0 radical (unpaired) electrons. The van der Waals surface area contributed by atoms with Crippen LogP contribution in [0, 0.1) is 0 Å². The maximum atomic E-state index is 12.1. The Kier molecular flexibility index (Phi) is 6.88. The number of halogens is 1. The van der Waals surface area contributed by atoms with Gasteiger partial charge in [-0.1, -0.05) is 11.6 Å². The molecule has 1 aliphatic rings. The van der Waals surface area contributed by atoms with E-state index in [1.807, 2.05) is 0 Å². The van der Waals surface area contributed by atoms with Crippen molar-refractivity contribution < 1.29 is 28.6 Å². The Bertz CT molecular complexity index is 664. The van der Waals surface area contributed by atoms with Crippen molar-refractivity contribution in [1.82, 2.24) is 10.6 Å².